The van der Waals surface area contributed by atoms with Crippen LogP contribution in [0.4, 0.5) is 0 Å². The van der Waals surface area contributed by atoms with E-state index in [1.807, 2.05) is 11.8 Å². The van der Waals surface area contributed by atoms with Crippen molar-refractivity contribution in [2.75, 3.05) is 24.7 Å². The van der Waals surface area contributed by atoms with Crippen molar-refractivity contribution in [2.45, 2.75) is 50.8 Å². The SMILES string of the molecule is CC(CO)C(C)NC1CCOC2(CCSC2)C1. The number of ether oxygens (including phenoxy) is 1. The van der Waals surface area contributed by atoms with Crippen LogP contribution >= 0.6 is 11.8 Å². The van der Waals surface area contributed by atoms with Crippen LogP contribution in [0.1, 0.15) is 33.1 Å². The quantitative estimate of drug-likeness (QED) is 0.805. The monoisotopic (exact) mass is 259 g/mol. The highest BCUT2D eigenvalue weighted by atomic mass is 32.2. The highest BCUT2D eigenvalue weighted by molar-refractivity contribution is 7.99. The van der Waals surface area contributed by atoms with Gasteiger partial charge in [0.15, 0.2) is 0 Å². The molecule has 2 rings (SSSR count). The maximum atomic E-state index is 9.17. The van der Waals surface area contributed by atoms with Crippen LogP contribution in [0.3, 0.4) is 0 Å². The third-order valence-corrected chi connectivity index (χ3v) is 5.42. The molecule has 0 bridgehead atoms. The molecule has 4 heteroatoms. The van der Waals surface area contributed by atoms with Crippen molar-refractivity contribution < 1.29 is 9.84 Å². The Balaban J connectivity index is 1.85. The molecule has 4 atom stereocenters. The lowest BCUT2D eigenvalue weighted by molar-refractivity contribution is -0.0719. The predicted molar refractivity (Wildman–Crippen MR) is 72.5 cm³/mol. The second-order valence-electron chi connectivity index (χ2n) is 5.64. The number of rotatable bonds is 4. The largest absolute Gasteiger partial charge is 0.396 e. The number of hydrogen-bond acceptors (Lipinski definition) is 4. The molecule has 2 saturated heterocycles. The first-order valence-electron chi connectivity index (χ1n) is 6.74. The Kier molecular flexibility index (Phi) is 4.75. The molecule has 2 fully saturated rings. The van der Waals surface area contributed by atoms with Gasteiger partial charge in [0, 0.05) is 31.1 Å². The van der Waals surface area contributed by atoms with E-state index in [9.17, 15) is 5.11 Å². The molecule has 2 heterocycles. The van der Waals surface area contributed by atoms with Gasteiger partial charge in [-0.05, 0) is 37.9 Å². The van der Waals surface area contributed by atoms with Gasteiger partial charge in [0.1, 0.15) is 0 Å². The van der Waals surface area contributed by atoms with E-state index in [1.165, 1.54) is 12.2 Å². The molecule has 3 nitrogen and oxygen atoms in total. The molecule has 100 valence electrons. The van der Waals surface area contributed by atoms with Crippen LogP contribution < -0.4 is 5.32 Å². The van der Waals surface area contributed by atoms with Crippen molar-refractivity contribution in [3.8, 4) is 0 Å². The molecule has 0 amide bonds. The van der Waals surface area contributed by atoms with Crippen LogP contribution in [0, 0.1) is 5.92 Å². The highest BCUT2D eigenvalue weighted by Crippen LogP contribution is 2.38. The Hall–Kier alpha value is 0.230. The van der Waals surface area contributed by atoms with Crippen LogP contribution in [0.15, 0.2) is 0 Å². The molecule has 0 aliphatic carbocycles. The summed E-state index contributed by atoms with van der Waals surface area (Å²) in [7, 11) is 0. The topological polar surface area (TPSA) is 41.5 Å². The fourth-order valence-electron chi connectivity index (χ4n) is 2.73. The standard InChI is InChI=1S/C13H25NO2S/c1-10(8-15)11(2)14-12-3-5-16-13(7-12)4-6-17-9-13/h10-12,14-15H,3-9H2,1-2H3. The van der Waals surface area contributed by atoms with Gasteiger partial charge >= 0.3 is 0 Å². The van der Waals surface area contributed by atoms with Crippen molar-refractivity contribution in [3.63, 3.8) is 0 Å². The third kappa shape index (κ3) is 3.37. The number of aliphatic hydroxyl groups excluding tert-OH is 1. The summed E-state index contributed by atoms with van der Waals surface area (Å²) in [6, 6.07) is 0.945. The molecule has 0 aromatic rings. The van der Waals surface area contributed by atoms with Crippen LogP contribution in [0.25, 0.3) is 0 Å². The molecule has 2 N–H and O–H groups in total. The van der Waals surface area contributed by atoms with Crippen LogP contribution in [-0.2, 0) is 4.74 Å². The van der Waals surface area contributed by atoms with Crippen LogP contribution in [0.5, 0.6) is 0 Å². The Morgan fingerprint density at radius 1 is 1.53 bits per heavy atom. The van der Waals surface area contributed by atoms with Gasteiger partial charge in [0.2, 0.25) is 0 Å². The minimum absolute atomic E-state index is 0.156. The summed E-state index contributed by atoms with van der Waals surface area (Å²) in [5.74, 6) is 2.73. The van der Waals surface area contributed by atoms with Gasteiger partial charge < -0.3 is 15.2 Å². The average Bonchev–Trinajstić information content (AvgIpc) is 2.76. The highest BCUT2D eigenvalue weighted by Gasteiger charge is 2.40. The van der Waals surface area contributed by atoms with Crippen LogP contribution in [0.2, 0.25) is 0 Å². The fraction of sp³-hybridized carbons (Fsp3) is 1.00. The van der Waals surface area contributed by atoms with Gasteiger partial charge in [-0.2, -0.15) is 11.8 Å². The smallest absolute Gasteiger partial charge is 0.0795 e. The minimum atomic E-state index is 0.156. The summed E-state index contributed by atoms with van der Waals surface area (Å²) < 4.78 is 6.01. The van der Waals surface area contributed by atoms with Crippen molar-refractivity contribution in [1.82, 2.24) is 5.32 Å². The van der Waals surface area contributed by atoms with E-state index in [0.29, 0.717) is 18.0 Å². The van der Waals surface area contributed by atoms with Gasteiger partial charge in [-0.3, -0.25) is 0 Å². The molecule has 2 aliphatic rings. The summed E-state index contributed by atoms with van der Waals surface area (Å²) in [6.45, 7) is 5.42. The van der Waals surface area contributed by atoms with Gasteiger partial charge in [0.05, 0.1) is 5.60 Å². The summed E-state index contributed by atoms with van der Waals surface area (Å²) in [4.78, 5) is 0. The second kappa shape index (κ2) is 5.91. The molecule has 0 saturated carbocycles. The second-order valence-corrected chi connectivity index (χ2v) is 6.74. The number of thioether (sulfide) groups is 1. The van der Waals surface area contributed by atoms with Gasteiger partial charge in [0.25, 0.3) is 0 Å². The lowest BCUT2D eigenvalue weighted by Crippen LogP contribution is -2.50. The number of nitrogens with one attached hydrogen (secondary N) is 1. The number of hydrogen-bond donors (Lipinski definition) is 2. The number of aliphatic hydroxyl groups is 1. The van der Waals surface area contributed by atoms with Crippen molar-refractivity contribution in [2.24, 2.45) is 5.92 Å². The molecule has 0 aromatic heterocycles. The summed E-state index contributed by atoms with van der Waals surface area (Å²) in [6.07, 6.45) is 3.46. The Morgan fingerprint density at radius 2 is 2.35 bits per heavy atom. The molecular formula is C13H25NO2S. The third-order valence-electron chi connectivity index (χ3n) is 4.20. The van der Waals surface area contributed by atoms with E-state index in [0.717, 1.165) is 25.2 Å². The van der Waals surface area contributed by atoms with Crippen molar-refractivity contribution in [3.05, 3.63) is 0 Å². The zero-order valence-corrected chi connectivity index (χ0v) is 11.8. The average molecular weight is 259 g/mol. The molecule has 4 unspecified atom stereocenters. The normalized spacial score (nSPS) is 37.2. The maximum absolute atomic E-state index is 9.17. The molecule has 2 aliphatic heterocycles. The summed E-state index contributed by atoms with van der Waals surface area (Å²) >= 11 is 2.02. The zero-order valence-electron chi connectivity index (χ0n) is 10.9. The lowest BCUT2D eigenvalue weighted by atomic mass is 9.89. The first kappa shape index (κ1) is 13.7. The van der Waals surface area contributed by atoms with Gasteiger partial charge in [-0.25, -0.2) is 0 Å². The molecule has 0 aromatic carbocycles. The van der Waals surface area contributed by atoms with Gasteiger partial charge in [-0.15, -0.1) is 0 Å². The molecule has 17 heavy (non-hydrogen) atoms. The zero-order chi connectivity index (χ0) is 12.3. The fourth-order valence-corrected chi connectivity index (χ4v) is 4.11. The lowest BCUT2D eigenvalue weighted by Gasteiger charge is -2.39. The molecule has 0 radical (unpaired) electrons. The Bertz CT molecular complexity index is 244. The Labute approximate surface area is 109 Å². The first-order chi connectivity index (χ1) is 8.15. The summed E-state index contributed by atoms with van der Waals surface area (Å²) in [5.41, 5.74) is 0.156. The van der Waals surface area contributed by atoms with Crippen LogP contribution in [-0.4, -0.2) is 47.5 Å². The first-order valence-corrected chi connectivity index (χ1v) is 7.89. The molecular weight excluding hydrogens is 234 g/mol. The van der Waals surface area contributed by atoms with Gasteiger partial charge in [-0.1, -0.05) is 6.92 Å². The van der Waals surface area contributed by atoms with E-state index in [4.69, 9.17) is 4.74 Å². The maximum Gasteiger partial charge on any atom is 0.0795 e. The predicted octanol–water partition coefficient (Wildman–Crippen LogP) is 1.65. The van der Waals surface area contributed by atoms with E-state index in [2.05, 4.69) is 19.2 Å². The van der Waals surface area contributed by atoms with E-state index < -0.39 is 0 Å². The van der Waals surface area contributed by atoms with E-state index in [1.54, 1.807) is 0 Å². The minimum Gasteiger partial charge on any atom is -0.396 e. The van der Waals surface area contributed by atoms with Crippen molar-refractivity contribution >= 4 is 11.8 Å². The summed E-state index contributed by atoms with van der Waals surface area (Å²) in [5, 5.41) is 12.8. The van der Waals surface area contributed by atoms with E-state index >= 15 is 0 Å². The Morgan fingerprint density at radius 3 is 3.00 bits per heavy atom. The van der Waals surface area contributed by atoms with E-state index in [-0.39, 0.29) is 12.2 Å². The van der Waals surface area contributed by atoms with Crippen molar-refractivity contribution in [1.29, 1.82) is 0 Å². The molecule has 1 spiro atoms.